The number of benzene rings is 1. The molecule has 0 fully saturated rings. The Hall–Kier alpha value is -2.43. The Balaban J connectivity index is 2.16. The van der Waals surface area contributed by atoms with E-state index in [-0.39, 0.29) is 12.2 Å². The van der Waals surface area contributed by atoms with Crippen molar-refractivity contribution < 1.29 is 14.7 Å². The Morgan fingerprint density at radius 2 is 2.00 bits per heavy atom. The standard InChI is InChI=1S/C14H14N2O3/c1-10-3-5-11(6-4-10)13(17)9-12(14(18)19)16-8-2-7-15-16/h2-8,12H,9H2,1H3,(H,18,19)/p-1/t12-/m0/s1. The van der Waals surface area contributed by atoms with Gasteiger partial charge in [0.25, 0.3) is 0 Å². The van der Waals surface area contributed by atoms with Crippen LogP contribution in [0.4, 0.5) is 0 Å². The number of aliphatic carboxylic acids is 1. The van der Waals surface area contributed by atoms with Gasteiger partial charge in [0.15, 0.2) is 5.78 Å². The van der Waals surface area contributed by atoms with Crippen LogP contribution in [0.1, 0.15) is 28.4 Å². The fraction of sp³-hybridized carbons (Fsp3) is 0.214. The van der Waals surface area contributed by atoms with E-state index in [4.69, 9.17) is 0 Å². The largest absolute Gasteiger partial charge is 0.548 e. The molecule has 1 aromatic heterocycles. The second kappa shape index (κ2) is 5.48. The summed E-state index contributed by atoms with van der Waals surface area (Å²) in [5, 5.41) is 14.9. The lowest BCUT2D eigenvalue weighted by atomic mass is 10.0. The number of hydrogen-bond acceptors (Lipinski definition) is 4. The topological polar surface area (TPSA) is 75.0 Å². The third-order valence-corrected chi connectivity index (χ3v) is 2.87. The van der Waals surface area contributed by atoms with Crippen LogP contribution in [0.5, 0.6) is 0 Å². The van der Waals surface area contributed by atoms with Crippen LogP contribution in [0.3, 0.4) is 0 Å². The van der Waals surface area contributed by atoms with Crippen molar-refractivity contribution in [2.45, 2.75) is 19.4 Å². The summed E-state index contributed by atoms with van der Waals surface area (Å²) in [7, 11) is 0. The van der Waals surface area contributed by atoms with E-state index in [0.29, 0.717) is 5.56 Å². The molecule has 5 nitrogen and oxygen atoms in total. The monoisotopic (exact) mass is 257 g/mol. The van der Waals surface area contributed by atoms with Gasteiger partial charge in [-0.05, 0) is 13.0 Å². The molecule has 0 saturated heterocycles. The van der Waals surface area contributed by atoms with Gasteiger partial charge < -0.3 is 9.90 Å². The lowest BCUT2D eigenvalue weighted by molar-refractivity contribution is -0.310. The molecule has 0 amide bonds. The highest BCUT2D eigenvalue weighted by molar-refractivity contribution is 5.98. The van der Waals surface area contributed by atoms with Gasteiger partial charge >= 0.3 is 0 Å². The van der Waals surface area contributed by atoms with E-state index < -0.39 is 12.0 Å². The number of Topliss-reactive ketones (excluding diaryl/α,β-unsaturated/α-hetero) is 1. The first-order valence-electron chi connectivity index (χ1n) is 5.88. The van der Waals surface area contributed by atoms with Crippen LogP contribution in [0.15, 0.2) is 42.7 Å². The summed E-state index contributed by atoms with van der Waals surface area (Å²) >= 11 is 0. The van der Waals surface area contributed by atoms with Crippen molar-refractivity contribution in [3.05, 3.63) is 53.9 Å². The third kappa shape index (κ3) is 3.07. The van der Waals surface area contributed by atoms with Crippen molar-refractivity contribution in [1.29, 1.82) is 0 Å². The summed E-state index contributed by atoms with van der Waals surface area (Å²) < 4.78 is 1.22. The Labute approximate surface area is 110 Å². The van der Waals surface area contributed by atoms with Crippen molar-refractivity contribution in [1.82, 2.24) is 9.78 Å². The number of nitrogens with zero attached hydrogens (tertiary/aromatic N) is 2. The van der Waals surface area contributed by atoms with Crippen LogP contribution >= 0.6 is 0 Å². The van der Waals surface area contributed by atoms with Crippen molar-refractivity contribution >= 4 is 11.8 Å². The van der Waals surface area contributed by atoms with E-state index >= 15 is 0 Å². The molecule has 1 atom stereocenters. The van der Waals surface area contributed by atoms with Gasteiger partial charge in [-0.15, -0.1) is 0 Å². The minimum atomic E-state index is -1.32. The van der Waals surface area contributed by atoms with E-state index in [1.807, 2.05) is 19.1 Å². The first kappa shape index (κ1) is 13.0. The molecular weight excluding hydrogens is 244 g/mol. The Morgan fingerprint density at radius 3 is 2.53 bits per heavy atom. The molecule has 0 radical (unpaired) electrons. The number of carbonyl (C=O) groups excluding carboxylic acids is 2. The van der Waals surface area contributed by atoms with Gasteiger partial charge in [0, 0.05) is 24.4 Å². The number of hydrogen-bond donors (Lipinski definition) is 0. The molecular formula is C14H13N2O3-. The van der Waals surface area contributed by atoms with E-state index in [0.717, 1.165) is 5.56 Å². The van der Waals surface area contributed by atoms with E-state index in [1.165, 1.54) is 17.1 Å². The summed E-state index contributed by atoms with van der Waals surface area (Å²) in [5.41, 5.74) is 1.53. The normalized spacial score (nSPS) is 12.1. The van der Waals surface area contributed by atoms with Gasteiger partial charge in [0.05, 0.1) is 12.0 Å². The summed E-state index contributed by atoms with van der Waals surface area (Å²) in [6.45, 7) is 1.92. The Morgan fingerprint density at radius 1 is 1.32 bits per heavy atom. The molecule has 0 N–H and O–H groups in total. The Kier molecular flexibility index (Phi) is 3.75. The van der Waals surface area contributed by atoms with Gasteiger partial charge in [-0.25, -0.2) is 0 Å². The maximum atomic E-state index is 12.0. The van der Waals surface area contributed by atoms with Crippen LogP contribution in [-0.2, 0) is 4.79 Å². The fourth-order valence-electron chi connectivity index (χ4n) is 1.78. The van der Waals surface area contributed by atoms with E-state index in [2.05, 4.69) is 5.10 Å². The predicted octanol–water partition coefficient (Wildman–Crippen LogP) is 0.756. The van der Waals surface area contributed by atoms with Gasteiger partial charge in [-0.2, -0.15) is 5.10 Å². The highest BCUT2D eigenvalue weighted by atomic mass is 16.4. The molecule has 1 heterocycles. The summed E-state index contributed by atoms with van der Waals surface area (Å²) in [4.78, 5) is 23.1. The lowest BCUT2D eigenvalue weighted by Gasteiger charge is -2.17. The number of rotatable bonds is 5. The fourth-order valence-corrected chi connectivity index (χ4v) is 1.78. The molecule has 19 heavy (non-hydrogen) atoms. The van der Waals surface area contributed by atoms with Crippen LogP contribution in [0.25, 0.3) is 0 Å². The van der Waals surface area contributed by atoms with Gasteiger partial charge in [0.1, 0.15) is 0 Å². The molecule has 2 aromatic rings. The molecule has 0 aliphatic rings. The zero-order valence-electron chi connectivity index (χ0n) is 10.4. The van der Waals surface area contributed by atoms with Crippen LogP contribution in [0.2, 0.25) is 0 Å². The third-order valence-electron chi connectivity index (χ3n) is 2.87. The first-order valence-corrected chi connectivity index (χ1v) is 5.88. The molecule has 1 aromatic carbocycles. The average molecular weight is 257 g/mol. The van der Waals surface area contributed by atoms with Gasteiger partial charge in [-0.3, -0.25) is 9.48 Å². The number of aryl methyl sites for hydroxylation is 1. The van der Waals surface area contributed by atoms with Crippen molar-refractivity contribution in [3.63, 3.8) is 0 Å². The molecule has 0 spiro atoms. The molecule has 0 aliphatic heterocycles. The number of carbonyl (C=O) groups is 2. The number of carboxylic acid groups (broad SMARTS) is 1. The minimum absolute atomic E-state index is 0.174. The zero-order chi connectivity index (χ0) is 13.8. The van der Waals surface area contributed by atoms with Crippen LogP contribution in [0, 0.1) is 6.92 Å². The summed E-state index contributed by atoms with van der Waals surface area (Å²) in [6.07, 6.45) is 2.79. The first-order chi connectivity index (χ1) is 9.08. The van der Waals surface area contributed by atoms with Crippen LogP contribution in [-0.4, -0.2) is 21.5 Å². The SMILES string of the molecule is Cc1ccc(C(=O)C[C@@H](C(=O)[O-])n2cccn2)cc1. The molecule has 0 bridgehead atoms. The maximum absolute atomic E-state index is 12.0. The van der Waals surface area contributed by atoms with Crippen molar-refractivity contribution in [2.75, 3.05) is 0 Å². The predicted molar refractivity (Wildman–Crippen MR) is 66.4 cm³/mol. The average Bonchev–Trinajstić information content (AvgIpc) is 2.89. The Bertz CT molecular complexity index is 573. The number of aromatic nitrogens is 2. The van der Waals surface area contributed by atoms with Crippen molar-refractivity contribution in [2.24, 2.45) is 0 Å². The maximum Gasteiger partial charge on any atom is 0.165 e. The lowest BCUT2D eigenvalue weighted by Crippen LogP contribution is -2.35. The molecule has 0 unspecified atom stereocenters. The van der Waals surface area contributed by atoms with Gasteiger partial charge in [0.2, 0.25) is 0 Å². The van der Waals surface area contributed by atoms with E-state index in [9.17, 15) is 14.7 Å². The molecule has 5 heteroatoms. The molecule has 98 valence electrons. The molecule has 0 saturated carbocycles. The second-order valence-corrected chi connectivity index (χ2v) is 4.31. The smallest absolute Gasteiger partial charge is 0.165 e. The minimum Gasteiger partial charge on any atom is -0.548 e. The molecule has 0 aliphatic carbocycles. The highest BCUT2D eigenvalue weighted by Crippen LogP contribution is 2.14. The zero-order valence-corrected chi connectivity index (χ0v) is 10.4. The van der Waals surface area contributed by atoms with E-state index in [1.54, 1.807) is 18.2 Å². The number of carboxylic acids is 1. The van der Waals surface area contributed by atoms with Crippen molar-refractivity contribution in [3.8, 4) is 0 Å². The highest BCUT2D eigenvalue weighted by Gasteiger charge is 2.18. The summed E-state index contributed by atoms with van der Waals surface area (Å²) in [6, 6.07) is 7.53. The number of ketones is 1. The summed E-state index contributed by atoms with van der Waals surface area (Å²) in [5.74, 6) is -1.56. The molecule has 2 rings (SSSR count). The van der Waals surface area contributed by atoms with Gasteiger partial charge in [-0.1, -0.05) is 29.8 Å². The van der Waals surface area contributed by atoms with Crippen LogP contribution < -0.4 is 5.11 Å². The quantitative estimate of drug-likeness (QED) is 0.741. The second-order valence-electron chi connectivity index (χ2n) is 4.31.